The molecule has 1 aliphatic rings. The second-order valence-corrected chi connectivity index (χ2v) is 2.87. The lowest BCUT2D eigenvalue weighted by molar-refractivity contribution is 0.484. The minimum Gasteiger partial charge on any atom is -0.246 e. The van der Waals surface area contributed by atoms with Gasteiger partial charge in [-0.15, -0.1) is 0 Å². The van der Waals surface area contributed by atoms with Crippen LogP contribution in [0, 0.1) is 0 Å². The molecule has 0 amide bonds. The van der Waals surface area contributed by atoms with Crippen LogP contribution in [0.25, 0.3) is 0 Å². The fraction of sp³-hybridized carbons (Fsp3) is 1.00. The first kappa shape index (κ1) is 3.84. The van der Waals surface area contributed by atoms with Gasteiger partial charge in [0.2, 0.25) is 0 Å². The van der Waals surface area contributed by atoms with Crippen molar-refractivity contribution in [3.63, 3.8) is 0 Å². The van der Waals surface area contributed by atoms with E-state index in [1.54, 1.807) is 0 Å². The fourth-order valence-corrected chi connectivity index (χ4v) is 0.622. The molecule has 0 aliphatic heterocycles. The summed E-state index contributed by atoms with van der Waals surface area (Å²) in [5.74, 6) is 0. The minimum absolute atomic E-state index is 0.354. The normalized spacial score (nSPS) is 49.2. The molecule has 0 spiro atoms. The Bertz CT molecular complexity index is 40.2. The molecule has 0 nitrogen and oxygen atoms in total. The van der Waals surface area contributed by atoms with E-state index in [0.29, 0.717) is 3.92 Å². The van der Waals surface area contributed by atoms with E-state index in [1.165, 1.54) is 0 Å². The Morgan fingerprint density at radius 3 is 2.00 bits per heavy atom. The monoisotopic (exact) mass is 186 g/mol. The maximum Gasteiger partial charge on any atom is 0.113 e. The molecule has 2 atom stereocenters. The first-order valence-corrected chi connectivity index (χ1v) is 2.83. The van der Waals surface area contributed by atoms with Gasteiger partial charge in [0.05, 0.1) is 0 Å². The number of rotatable bonds is 0. The Morgan fingerprint density at radius 1 is 1.80 bits per heavy atom. The Morgan fingerprint density at radius 2 is 2.00 bits per heavy atom. The predicted octanol–water partition coefficient (Wildman–Crippen LogP) is 1.53. The molecule has 0 heterocycles. The molecular weight excluding hydrogens is 182 g/mol. The Kier molecular flexibility index (Phi) is 0.816. The van der Waals surface area contributed by atoms with Gasteiger partial charge < -0.3 is 0 Å². The highest BCUT2D eigenvalue weighted by Gasteiger charge is 2.34. The quantitative estimate of drug-likeness (QED) is 0.397. The third kappa shape index (κ3) is 0.743. The van der Waals surface area contributed by atoms with Crippen LogP contribution >= 0.6 is 22.6 Å². The molecule has 0 aromatic heterocycles. The van der Waals surface area contributed by atoms with Gasteiger partial charge in [0.1, 0.15) is 6.17 Å². The van der Waals surface area contributed by atoms with E-state index < -0.39 is 6.17 Å². The molecule has 30 valence electrons. The van der Waals surface area contributed by atoms with Gasteiger partial charge in [-0.3, -0.25) is 0 Å². The Hall–Kier alpha value is 0.660. The van der Waals surface area contributed by atoms with Crippen LogP contribution in [0.15, 0.2) is 0 Å². The molecule has 2 heteroatoms. The molecule has 1 saturated carbocycles. The molecule has 1 aliphatic carbocycles. The third-order valence-electron chi connectivity index (χ3n) is 0.640. The maximum absolute atomic E-state index is 11.5. The van der Waals surface area contributed by atoms with E-state index in [2.05, 4.69) is 22.6 Å². The van der Waals surface area contributed by atoms with Crippen LogP contribution in [0.1, 0.15) is 6.42 Å². The summed E-state index contributed by atoms with van der Waals surface area (Å²) < 4.78 is 11.9. The lowest BCUT2D eigenvalue weighted by Crippen LogP contribution is -1.65. The van der Waals surface area contributed by atoms with E-state index in [1.807, 2.05) is 0 Å². The van der Waals surface area contributed by atoms with Crippen LogP contribution in [0.4, 0.5) is 4.39 Å². The summed E-state index contributed by atoms with van der Waals surface area (Å²) in [5, 5.41) is 0. The lowest BCUT2D eigenvalue weighted by atomic mass is 10.9. The molecule has 0 saturated heterocycles. The van der Waals surface area contributed by atoms with Crippen molar-refractivity contribution in [1.82, 2.24) is 0 Å². The molecule has 0 aromatic carbocycles. The molecule has 5 heavy (non-hydrogen) atoms. The van der Waals surface area contributed by atoms with Crippen molar-refractivity contribution in [2.45, 2.75) is 16.5 Å². The third-order valence-corrected chi connectivity index (χ3v) is 1.93. The number of hydrogen-bond acceptors (Lipinski definition) is 0. The average Bonchev–Trinajstić information content (AvgIpc) is 1.79. The summed E-state index contributed by atoms with van der Waals surface area (Å²) in [6, 6.07) is 0. The topological polar surface area (TPSA) is 0 Å². The second-order valence-electron chi connectivity index (χ2n) is 1.27. The highest BCUT2D eigenvalue weighted by Crippen LogP contribution is 2.33. The maximum atomic E-state index is 11.5. The average molecular weight is 186 g/mol. The highest BCUT2D eigenvalue weighted by molar-refractivity contribution is 14.1. The number of halogens is 2. The van der Waals surface area contributed by atoms with E-state index >= 15 is 0 Å². The summed E-state index contributed by atoms with van der Waals surface area (Å²) in [7, 11) is 0. The molecule has 0 N–H and O–H groups in total. The first-order valence-electron chi connectivity index (χ1n) is 1.59. The highest BCUT2D eigenvalue weighted by atomic mass is 127. The van der Waals surface area contributed by atoms with Crippen molar-refractivity contribution in [3.05, 3.63) is 0 Å². The van der Waals surface area contributed by atoms with Crippen molar-refractivity contribution < 1.29 is 4.39 Å². The summed E-state index contributed by atoms with van der Waals surface area (Å²) >= 11 is 2.11. The van der Waals surface area contributed by atoms with Gasteiger partial charge in [-0.05, 0) is 6.42 Å². The molecular formula is C3H4FI. The summed E-state index contributed by atoms with van der Waals surface area (Å²) in [5.41, 5.74) is 0. The second kappa shape index (κ2) is 1.06. The van der Waals surface area contributed by atoms with Crippen molar-refractivity contribution in [2.75, 3.05) is 0 Å². The van der Waals surface area contributed by atoms with Gasteiger partial charge in [0, 0.05) is 3.92 Å². The number of hydrogen-bond donors (Lipinski definition) is 0. The van der Waals surface area contributed by atoms with Crippen molar-refractivity contribution in [1.29, 1.82) is 0 Å². The van der Waals surface area contributed by atoms with Crippen molar-refractivity contribution >= 4 is 22.6 Å². The van der Waals surface area contributed by atoms with Crippen molar-refractivity contribution in [3.8, 4) is 0 Å². The SMILES string of the molecule is FC1CC1I. The van der Waals surface area contributed by atoms with E-state index in [-0.39, 0.29) is 0 Å². The molecule has 0 radical (unpaired) electrons. The lowest BCUT2D eigenvalue weighted by Gasteiger charge is -1.61. The van der Waals surface area contributed by atoms with Crippen molar-refractivity contribution in [2.24, 2.45) is 0 Å². The molecule has 1 fully saturated rings. The van der Waals surface area contributed by atoms with E-state index in [4.69, 9.17) is 0 Å². The summed E-state index contributed by atoms with van der Waals surface area (Å²) in [6.45, 7) is 0. The summed E-state index contributed by atoms with van der Waals surface area (Å²) in [6.07, 6.45) is 0.330. The summed E-state index contributed by atoms with van der Waals surface area (Å²) in [4.78, 5) is 0. The zero-order valence-electron chi connectivity index (χ0n) is 2.62. The Balaban J connectivity index is 2.20. The van der Waals surface area contributed by atoms with Gasteiger partial charge in [-0.1, -0.05) is 22.6 Å². The minimum atomic E-state index is -0.462. The van der Waals surface area contributed by atoms with Crippen LogP contribution in [-0.4, -0.2) is 10.1 Å². The molecule has 0 bridgehead atoms. The van der Waals surface area contributed by atoms with Gasteiger partial charge in [0.15, 0.2) is 0 Å². The van der Waals surface area contributed by atoms with E-state index in [9.17, 15) is 4.39 Å². The van der Waals surface area contributed by atoms with Gasteiger partial charge in [0.25, 0.3) is 0 Å². The number of alkyl halides is 2. The van der Waals surface area contributed by atoms with Crippen LogP contribution in [-0.2, 0) is 0 Å². The molecule has 0 aromatic rings. The van der Waals surface area contributed by atoms with Gasteiger partial charge >= 0.3 is 0 Å². The smallest absolute Gasteiger partial charge is 0.113 e. The zero-order chi connectivity index (χ0) is 3.86. The van der Waals surface area contributed by atoms with Gasteiger partial charge in [-0.25, -0.2) is 4.39 Å². The molecule has 1 rings (SSSR count). The zero-order valence-corrected chi connectivity index (χ0v) is 4.78. The molecule has 2 unspecified atom stereocenters. The van der Waals surface area contributed by atoms with Crippen LogP contribution in [0.2, 0.25) is 0 Å². The van der Waals surface area contributed by atoms with Gasteiger partial charge in [-0.2, -0.15) is 0 Å². The predicted molar refractivity (Wildman–Crippen MR) is 27.3 cm³/mol. The largest absolute Gasteiger partial charge is 0.246 e. The van der Waals surface area contributed by atoms with Crippen LogP contribution in [0.5, 0.6) is 0 Å². The fourth-order valence-electron chi connectivity index (χ4n) is 0.137. The standard InChI is InChI=1S/C3H4FI/c4-2-1-3(2)5/h2-3H,1H2. The Labute approximate surface area is 43.9 Å². The first-order chi connectivity index (χ1) is 2.30. The van der Waals surface area contributed by atoms with E-state index in [0.717, 1.165) is 6.42 Å². The van der Waals surface area contributed by atoms with Crippen LogP contribution < -0.4 is 0 Å². The van der Waals surface area contributed by atoms with Crippen LogP contribution in [0.3, 0.4) is 0 Å².